The summed E-state index contributed by atoms with van der Waals surface area (Å²) in [6.07, 6.45) is 0.602. The van der Waals surface area contributed by atoms with Crippen molar-refractivity contribution in [2.24, 2.45) is 0 Å². The number of fused-ring (bicyclic) bond motifs is 1. The molecule has 2 aromatic heterocycles. The summed E-state index contributed by atoms with van der Waals surface area (Å²) >= 11 is 0. The third-order valence-corrected chi connectivity index (χ3v) is 5.44. The fourth-order valence-electron chi connectivity index (χ4n) is 3.72. The molecule has 1 atom stereocenters. The van der Waals surface area contributed by atoms with Crippen molar-refractivity contribution >= 4 is 11.2 Å². The fourth-order valence-corrected chi connectivity index (χ4v) is 3.72. The quantitative estimate of drug-likeness (QED) is 0.483. The predicted octanol–water partition coefficient (Wildman–Crippen LogP) is 1.73. The molecule has 0 aliphatic carbocycles. The van der Waals surface area contributed by atoms with Gasteiger partial charge in [0, 0.05) is 20.2 Å². The number of methoxy groups -OCH3 is 1. The van der Waals surface area contributed by atoms with Gasteiger partial charge in [0.25, 0.3) is 5.56 Å². The highest BCUT2D eigenvalue weighted by molar-refractivity contribution is 5.71. The van der Waals surface area contributed by atoms with E-state index in [-0.39, 0.29) is 13.2 Å². The van der Waals surface area contributed by atoms with Gasteiger partial charge >= 0.3 is 5.69 Å². The third-order valence-electron chi connectivity index (χ3n) is 5.44. The highest BCUT2D eigenvalue weighted by Crippen LogP contribution is 2.14. The first-order valence-electron chi connectivity index (χ1n) is 11.0. The second kappa shape index (κ2) is 10.6. The Hall–Kier alpha value is -2.91. The molecule has 0 spiro atoms. The van der Waals surface area contributed by atoms with Gasteiger partial charge in [0.15, 0.2) is 11.2 Å². The fraction of sp³-hybridized carbons (Fsp3) is 0.522. The van der Waals surface area contributed by atoms with Crippen LogP contribution >= 0.6 is 0 Å². The van der Waals surface area contributed by atoms with Gasteiger partial charge in [0.05, 0.1) is 13.2 Å². The van der Waals surface area contributed by atoms with Crippen LogP contribution in [0.2, 0.25) is 0 Å². The highest BCUT2D eigenvalue weighted by atomic mass is 16.5. The van der Waals surface area contributed by atoms with Crippen LogP contribution in [-0.4, -0.2) is 50.2 Å². The molecular formula is C23H32N4O5. The second-order valence-corrected chi connectivity index (χ2v) is 7.79. The summed E-state index contributed by atoms with van der Waals surface area (Å²) in [5.74, 6) is 1.26. The van der Waals surface area contributed by atoms with Gasteiger partial charge in [0.1, 0.15) is 24.3 Å². The van der Waals surface area contributed by atoms with E-state index in [4.69, 9.17) is 9.47 Å². The maximum atomic E-state index is 13.3. The first-order chi connectivity index (χ1) is 15.4. The molecule has 9 nitrogen and oxygen atoms in total. The van der Waals surface area contributed by atoms with E-state index in [1.54, 1.807) is 18.6 Å². The standard InChI is InChI=1S/C23H32N4O5/c1-5-11-26-21-20(25(12-13-31-4)16(3)24-21)22(29)27(23(26)30)14-18(28)15-32-19-9-7-17(6-2)8-10-19/h7-10,18,28H,5-6,11-15H2,1-4H3/t18-/m0/s1. The molecular weight excluding hydrogens is 412 g/mol. The van der Waals surface area contributed by atoms with E-state index in [9.17, 15) is 14.7 Å². The number of ether oxygens (including phenoxy) is 2. The maximum Gasteiger partial charge on any atom is 0.332 e. The van der Waals surface area contributed by atoms with Crippen LogP contribution in [0, 0.1) is 6.92 Å². The van der Waals surface area contributed by atoms with E-state index in [1.807, 2.05) is 31.2 Å². The van der Waals surface area contributed by atoms with Crippen molar-refractivity contribution in [1.29, 1.82) is 0 Å². The summed E-state index contributed by atoms with van der Waals surface area (Å²) < 4.78 is 15.2. The maximum absolute atomic E-state index is 13.3. The van der Waals surface area contributed by atoms with Crippen LogP contribution in [0.5, 0.6) is 5.75 Å². The molecule has 3 aromatic rings. The largest absolute Gasteiger partial charge is 0.491 e. The van der Waals surface area contributed by atoms with Crippen LogP contribution < -0.4 is 16.0 Å². The lowest BCUT2D eigenvalue weighted by Crippen LogP contribution is -2.44. The Bertz CT molecular complexity index is 1160. The number of aliphatic hydroxyl groups is 1. The minimum atomic E-state index is -1.03. The highest BCUT2D eigenvalue weighted by Gasteiger charge is 2.21. The summed E-state index contributed by atoms with van der Waals surface area (Å²) in [5.41, 5.74) is 0.950. The first kappa shape index (κ1) is 23.7. The number of rotatable bonds is 11. The van der Waals surface area contributed by atoms with Gasteiger partial charge in [-0.2, -0.15) is 0 Å². The number of aryl methyl sites for hydroxylation is 3. The zero-order valence-corrected chi connectivity index (χ0v) is 19.2. The molecule has 0 amide bonds. The van der Waals surface area contributed by atoms with Crippen molar-refractivity contribution in [2.75, 3.05) is 20.3 Å². The molecule has 0 saturated heterocycles. The summed E-state index contributed by atoms with van der Waals surface area (Å²) in [4.78, 5) is 30.9. The molecule has 0 fully saturated rings. The number of imidazole rings is 1. The average molecular weight is 445 g/mol. The van der Waals surface area contributed by atoms with E-state index in [2.05, 4.69) is 11.9 Å². The molecule has 32 heavy (non-hydrogen) atoms. The zero-order chi connectivity index (χ0) is 23.3. The monoisotopic (exact) mass is 444 g/mol. The van der Waals surface area contributed by atoms with Crippen LogP contribution in [-0.2, 0) is 30.8 Å². The van der Waals surface area contributed by atoms with E-state index >= 15 is 0 Å². The summed E-state index contributed by atoms with van der Waals surface area (Å²) in [6, 6.07) is 7.62. The lowest BCUT2D eigenvalue weighted by molar-refractivity contribution is 0.0901. The van der Waals surface area contributed by atoms with Gasteiger partial charge in [0.2, 0.25) is 0 Å². The number of hydrogen-bond donors (Lipinski definition) is 1. The van der Waals surface area contributed by atoms with E-state index < -0.39 is 17.4 Å². The van der Waals surface area contributed by atoms with E-state index in [0.717, 1.165) is 11.0 Å². The van der Waals surface area contributed by atoms with Gasteiger partial charge < -0.3 is 19.1 Å². The van der Waals surface area contributed by atoms with Crippen molar-refractivity contribution in [1.82, 2.24) is 18.7 Å². The predicted molar refractivity (Wildman–Crippen MR) is 122 cm³/mol. The summed E-state index contributed by atoms with van der Waals surface area (Å²) in [5, 5.41) is 10.5. The minimum absolute atomic E-state index is 0.0366. The van der Waals surface area contributed by atoms with E-state index in [0.29, 0.717) is 48.9 Å². The Morgan fingerprint density at radius 1 is 1.06 bits per heavy atom. The Morgan fingerprint density at radius 3 is 2.41 bits per heavy atom. The molecule has 0 unspecified atom stereocenters. The third kappa shape index (κ3) is 4.94. The normalized spacial score (nSPS) is 12.4. The Kier molecular flexibility index (Phi) is 7.87. The first-order valence-corrected chi connectivity index (χ1v) is 11.0. The van der Waals surface area contributed by atoms with Crippen LogP contribution in [0.4, 0.5) is 0 Å². The molecule has 0 saturated carbocycles. The average Bonchev–Trinajstić information content (AvgIpc) is 3.12. The van der Waals surface area contributed by atoms with Gasteiger partial charge in [-0.15, -0.1) is 0 Å². The van der Waals surface area contributed by atoms with Gasteiger partial charge in [-0.25, -0.2) is 9.78 Å². The molecule has 9 heteroatoms. The number of nitrogens with zero attached hydrogens (tertiary/aromatic N) is 4. The number of benzene rings is 1. The summed E-state index contributed by atoms with van der Waals surface area (Å²) in [7, 11) is 1.59. The van der Waals surface area contributed by atoms with Crippen molar-refractivity contribution in [2.45, 2.75) is 59.4 Å². The molecule has 0 aliphatic heterocycles. The Balaban J connectivity index is 1.92. The topological polar surface area (TPSA) is 101 Å². The smallest absolute Gasteiger partial charge is 0.332 e. The van der Waals surface area contributed by atoms with Crippen LogP contribution in [0.3, 0.4) is 0 Å². The minimum Gasteiger partial charge on any atom is -0.491 e. The van der Waals surface area contributed by atoms with Crippen molar-refractivity contribution in [3.63, 3.8) is 0 Å². The number of aliphatic hydroxyl groups excluding tert-OH is 1. The van der Waals surface area contributed by atoms with E-state index in [1.165, 1.54) is 10.1 Å². The Labute approximate surface area is 186 Å². The Morgan fingerprint density at radius 2 is 1.78 bits per heavy atom. The molecule has 174 valence electrons. The molecule has 1 N–H and O–H groups in total. The second-order valence-electron chi connectivity index (χ2n) is 7.79. The lowest BCUT2D eigenvalue weighted by Gasteiger charge is -2.16. The zero-order valence-electron chi connectivity index (χ0n) is 19.2. The molecule has 0 radical (unpaired) electrons. The molecule has 1 aromatic carbocycles. The van der Waals surface area contributed by atoms with Crippen molar-refractivity contribution < 1.29 is 14.6 Å². The van der Waals surface area contributed by atoms with Gasteiger partial charge in [-0.1, -0.05) is 26.0 Å². The molecule has 3 rings (SSSR count). The molecule has 2 heterocycles. The van der Waals surface area contributed by atoms with Crippen LogP contribution in [0.1, 0.15) is 31.7 Å². The number of hydrogen-bond acceptors (Lipinski definition) is 6. The molecule has 0 bridgehead atoms. The van der Waals surface area contributed by atoms with Crippen LogP contribution in [0.15, 0.2) is 33.9 Å². The van der Waals surface area contributed by atoms with Crippen molar-refractivity contribution in [3.8, 4) is 5.75 Å². The van der Waals surface area contributed by atoms with Crippen LogP contribution in [0.25, 0.3) is 11.2 Å². The molecule has 0 aliphatic rings. The SMILES string of the molecule is CCCn1c(=O)n(C[C@H](O)COc2ccc(CC)cc2)c(=O)c2c1nc(C)n2CCOC. The summed E-state index contributed by atoms with van der Waals surface area (Å²) in [6.45, 7) is 6.89. The van der Waals surface area contributed by atoms with Gasteiger partial charge in [-0.05, 0) is 37.5 Å². The lowest BCUT2D eigenvalue weighted by atomic mass is 10.2. The van der Waals surface area contributed by atoms with Gasteiger partial charge in [-0.3, -0.25) is 13.9 Å². The number of aromatic nitrogens is 4. The van der Waals surface area contributed by atoms with Crippen molar-refractivity contribution in [3.05, 3.63) is 56.5 Å².